The molecule has 1 aliphatic rings. The molecule has 1 aromatic carbocycles. The first-order valence-corrected chi connectivity index (χ1v) is 17.7. The number of fused-ring (bicyclic) bond motifs is 1. The molecule has 0 aliphatic carbocycles. The molecular weight excluding hydrogens is 432 g/mol. The molecule has 1 aromatic rings. The van der Waals surface area contributed by atoms with Gasteiger partial charge in [-0.1, -0.05) is 72.6 Å². The monoisotopic (exact) mass is 488 g/mol. The fourth-order valence-corrected chi connectivity index (χ4v) is 6.24. The predicted molar refractivity (Wildman–Crippen MR) is 152 cm³/mol. The standard InChI is InChI=1S/C31H56O2Si/c1-23(2)14-11-15-24(3)16-12-17-25(4)18-13-20-31(7)21-19-28-22-29(33-34(8,9)10)26(5)27(6)30(28)32-31/h22-25H,11-21H2,1-10H3/t24-,25-,31-/m1/s1. The minimum absolute atomic E-state index is 0.0317. The van der Waals surface area contributed by atoms with E-state index in [2.05, 4.69) is 74.2 Å². The highest BCUT2D eigenvalue weighted by Gasteiger charge is 2.33. The van der Waals surface area contributed by atoms with Crippen molar-refractivity contribution in [1.82, 2.24) is 0 Å². The zero-order chi connectivity index (χ0) is 25.5. The molecule has 0 bridgehead atoms. The van der Waals surface area contributed by atoms with E-state index in [1.807, 2.05) is 0 Å². The lowest BCUT2D eigenvalue weighted by Gasteiger charge is -2.38. The average Bonchev–Trinajstić information content (AvgIpc) is 2.71. The van der Waals surface area contributed by atoms with Gasteiger partial charge in [-0.3, -0.25) is 0 Å². The van der Waals surface area contributed by atoms with Crippen molar-refractivity contribution in [2.75, 3.05) is 0 Å². The molecule has 2 nitrogen and oxygen atoms in total. The predicted octanol–water partition coefficient (Wildman–Crippen LogP) is 10.0. The third-order valence-electron chi connectivity index (χ3n) is 7.83. The first-order chi connectivity index (χ1) is 15.8. The fourth-order valence-electron chi connectivity index (χ4n) is 5.37. The third-order valence-corrected chi connectivity index (χ3v) is 8.66. The molecule has 0 saturated carbocycles. The lowest BCUT2D eigenvalue weighted by Crippen LogP contribution is -2.37. The Morgan fingerprint density at radius 1 is 0.882 bits per heavy atom. The van der Waals surface area contributed by atoms with E-state index < -0.39 is 8.32 Å². The van der Waals surface area contributed by atoms with Crippen molar-refractivity contribution in [2.24, 2.45) is 17.8 Å². The number of hydrogen-bond acceptors (Lipinski definition) is 2. The van der Waals surface area contributed by atoms with Crippen LogP contribution in [0.1, 0.15) is 116 Å². The van der Waals surface area contributed by atoms with E-state index >= 15 is 0 Å². The summed E-state index contributed by atoms with van der Waals surface area (Å²) in [5.41, 5.74) is 3.82. The normalized spacial score (nSPS) is 20.1. The molecule has 0 saturated heterocycles. The fraction of sp³-hybridized carbons (Fsp3) is 0.806. The summed E-state index contributed by atoms with van der Waals surface area (Å²) in [6.45, 7) is 23.1. The second kappa shape index (κ2) is 12.8. The minimum Gasteiger partial charge on any atom is -0.544 e. The highest BCUT2D eigenvalue weighted by atomic mass is 28.4. The minimum atomic E-state index is -1.62. The Morgan fingerprint density at radius 3 is 2.00 bits per heavy atom. The van der Waals surface area contributed by atoms with Gasteiger partial charge in [-0.15, -0.1) is 0 Å². The van der Waals surface area contributed by atoms with Crippen LogP contribution < -0.4 is 9.16 Å². The van der Waals surface area contributed by atoms with Crippen LogP contribution >= 0.6 is 0 Å². The van der Waals surface area contributed by atoms with Crippen LogP contribution in [-0.2, 0) is 6.42 Å². The molecule has 1 aliphatic heterocycles. The van der Waals surface area contributed by atoms with Gasteiger partial charge in [0.2, 0.25) is 8.32 Å². The molecule has 0 N–H and O–H groups in total. The number of benzene rings is 1. The first-order valence-electron chi connectivity index (χ1n) is 14.3. The zero-order valence-electron chi connectivity index (χ0n) is 24.4. The Labute approximate surface area is 213 Å². The van der Waals surface area contributed by atoms with Gasteiger partial charge in [0.05, 0.1) is 0 Å². The highest BCUT2D eigenvalue weighted by Crippen LogP contribution is 2.42. The van der Waals surface area contributed by atoms with Gasteiger partial charge in [0.1, 0.15) is 17.1 Å². The number of rotatable bonds is 14. The van der Waals surface area contributed by atoms with Crippen LogP contribution in [0.15, 0.2) is 6.07 Å². The molecule has 34 heavy (non-hydrogen) atoms. The van der Waals surface area contributed by atoms with Gasteiger partial charge in [0.15, 0.2) is 0 Å². The molecule has 0 fully saturated rings. The largest absolute Gasteiger partial charge is 0.544 e. The first kappa shape index (κ1) is 29.3. The lowest BCUT2D eigenvalue weighted by molar-refractivity contribution is 0.0514. The zero-order valence-corrected chi connectivity index (χ0v) is 25.4. The summed E-state index contributed by atoms with van der Waals surface area (Å²) in [5, 5.41) is 0. The van der Waals surface area contributed by atoms with Crippen LogP contribution in [0.5, 0.6) is 11.5 Å². The van der Waals surface area contributed by atoms with Gasteiger partial charge in [0.25, 0.3) is 0 Å². The van der Waals surface area contributed by atoms with Gasteiger partial charge in [-0.25, -0.2) is 0 Å². The van der Waals surface area contributed by atoms with Gasteiger partial charge in [-0.2, -0.15) is 0 Å². The quantitative estimate of drug-likeness (QED) is 0.242. The van der Waals surface area contributed by atoms with Gasteiger partial charge in [-0.05, 0) is 107 Å². The van der Waals surface area contributed by atoms with Crippen molar-refractivity contribution in [3.05, 3.63) is 22.8 Å². The topological polar surface area (TPSA) is 18.5 Å². The Morgan fingerprint density at radius 2 is 1.44 bits per heavy atom. The van der Waals surface area contributed by atoms with Gasteiger partial charge < -0.3 is 9.16 Å². The maximum Gasteiger partial charge on any atom is 0.242 e. The maximum atomic E-state index is 6.72. The van der Waals surface area contributed by atoms with E-state index in [1.165, 1.54) is 68.1 Å². The second-order valence-electron chi connectivity index (χ2n) is 13.2. The van der Waals surface area contributed by atoms with Crippen molar-refractivity contribution < 1.29 is 9.16 Å². The summed E-state index contributed by atoms with van der Waals surface area (Å²) in [7, 11) is -1.62. The van der Waals surface area contributed by atoms with E-state index in [4.69, 9.17) is 9.16 Å². The Bertz CT molecular complexity index is 764. The summed E-state index contributed by atoms with van der Waals surface area (Å²) in [6.07, 6.45) is 14.3. The van der Waals surface area contributed by atoms with Crippen molar-refractivity contribution in [1.29, 1.82) is 0 Å². The van der Waals surface area contributed by atoms with Crippen LogP contribution in [0.3, 0.4) is 0 Å². The third kappa shape index (κ3) is 9.59. The van der Waals surface area contributed by atoms with E-state index in [9.17, 15) is 0 Å². The molecule has 0 unspecified atom stereocenters. The molecule has 0 spiro atoms. The molecular formula is C31H56O2Si. The van der Waals surface area contributed by atoms with Crippen LogP contribution in [0.2, 0.25) is 19.6 Å². The lowest BCUT2D eigenvalue weighted by atomic mass is 9.85. The SMILES string of the molecule is Cc1c(O[Si](C)(C)C)cc2c(c1C)O[C@](C)(CCC[C@H](C)CCC[C@H](C)CCCC(C)C)CC2. The summed E-state index contributed by atoms with van der Waals surface area (Å²) in [5.74, 6) is 4.78. The average molecular weight is 489 g/mol. The molecule has 1 heterocycles. The molecule has 3 heteroatoms. The molecule has 196 valence electrons. The van der Waals surface area contributed by atoms with Crippen LogP contribution in [0.4, 0.5) is 0 Å². The van der Waals surface area contributed by atoms with E-state index in [0.717, 1.165) is 48.5 Å². The summed E-state index contributed by atoms with van der Waals surface area (Å²) >= 11 is 0. The van der Waals surface area contributed by atoms with Crippen molar-refractivity contribution in [3.63, 3.8) is 0 Å². The van der Waals surface area contributed by atoms with Crippen molar-refractivity contribution in [2.45, 2.75) is 144 Å². The van der Waals surface area contributed by atoms with E-state index in [-0.39, 0.29) is 5.60 Å². The number of hydrogen-bond donors (Lipinski definition) is 0. The second-order valence-corrected chi connectivity index (χ2v) is 17.7. The Hall–Kier alpha value is -0.963. The van der Waals surface area contributed by atoms with E-state index in [1.54, 1.807) is 0 Å². The number of aryl methyl sites for hydroxylation is 1. The van der Waals surface area contributed by atoms with Crippen molar-refractivity contribution in [3.8, 4) is 11.5 Å². The van der Waals surface area contributed by atoms with Crippen LogP contribution in [-0.4, -0.2) is 13.9 Å². The Balaban J connectivity index is 1.79. The van der Waals surface area contributed by atoms with E-state index in [0.29, 0.717) is 0 Å². The maximum absolute atomic E-state index is 6.72. The molecule has 3 atom stereocenters. The smallest absolute Gasteiger partial charge is 0.242 e. The summed E-state index contributed by atoms with van der Waals surface area (Å²) in [4.78, 5) is 0. The Kier molecular flexibility index (Phi) is 11.0. The summed E-state index contributed by atoms with van der Waals surface area (Å²) < 4.78 is 13.1. The van der Waals surface area contributed by atoms with Crippen LogP contribution in [0.25, 0.3) is 0 Å². The molecule has 0 amide bonds. The van der Waals surface area contributed by atoms with Crippen molar-refractivity contribution >= 4 is 8.32 Å². The molecule has 0 radical (unpaired) electrons. The molecule has 0 aromatic heterocycles. The van der Waals surface area contributed by atoms with Crippen LogP contribution in [0, 0.1) is 31.6 Å². The van der Waals surface area contributed by atoms with Gasteiger partial charge >= 0.3 is 0 Å². The number of ether oxygens (including phenoxy) is 1. The summed E-state index contributed by atoms with van der Waals surface area (Å²) in [6, 6.07) is 2.27. The molecule has 2 rings (SSSR count). The van der Waals surface area contributed by atoms with Gasteiger partial charge in [0, 0.05) is 0 Å². The highest BCUT2D eigenvalue weighted by molar-refractivity contribution is 6.70.